The number of thiophene rings is 1. The molecule has 2 aromatic heterocycles. The highest BCUT2D eigenvalue weighted by atomic mass is 79.9. The van der Waals surface area contributed by atoms with Gasteiger partial charge in [0, 0.05) is 32.9 Å². The van der Waals surface area contributed by atoms with Crippen molar-refractivity contribution in [1.29, 1.82) is 0 Å². The predicted octanol–water partition coefficient (Wildman–Crippen LogP) is 3.68. The smallest absolute Gasteiger partial charge is 0.263 e. The number of rotatable bonds is 4. The first-order valence-electron chi connectivity index (χ1n) is 6.28. The number of nitrogens with zero attached hydrogens (tertiary/aromatic N) is 1. The number of thiazole rings is 1. The van der Waals surface area contributed by atoms with E-state index in [0.29, 0.717) is 17.1 Å². The van der Waals surface area contributed by atoms with Gasteiger partial charge in [-0.15, -0.1) is 22.7 Å². The van der Waals surface area contributed by atoms with Crippen molar-refractivity contribution in [2.24, 2.45) is 0 Å². The van der Waals surface area contributed by atoms with Crippen molar-refractivity contribution in [3.8, 4) is 0 Å². The number of amides is 1. The van der Waals surface area contributed by atoms with Crippen LogP contribution in [-0.4, -0.2) is 17.4 Å². The average molecular weight is 382 g/mol. The molecule has 0 bridgehead atoms. The number of aromatic nitrogens is 1. The maximum absolute atomic E-state index is 12.3. The minimum Gasteiger partial charge on any atom is -0.397 e. The van der Waals surface area contributed by atoms with Crippen molar-refractivity contribution >= 4 is 60.3 Å². The van der Waals surface area contributed by atoms with E-state index in [-0.39, 0.29) is 5.91 Å². The number of carbonyl (C=O) groups is 1. The largest absolute Gasteiger partial charge is 0.397 e. The number of nitrogens with two attached hydrogens (primary N) is 1. The summed E-state index contributed by atoms with van der Waals surface area (Å²) < 4.78 is 1.92. The summed E-state index contributed by atoms with van der Waals surface area (Å²) in [4.78, 5) is 17.0. The van der Waals surface area contributed by atoms with E-state index >= 15 is 0 Å². The molecule has 3 aromatic rings. The molecule has 0 aliphatic carbocycles. The molecule has 4 nitrogen and oxygen atoms in total. The Kier molecular flexibility index (Phi) is 4.23. The SMILES string of the molecule is Nc1c(C(=O)NCCc2cscn2)sc2cccc(Br)c12. The normalized spacial score (nSPS) is 10.9. The van der Waals surface area contributed by atoms with Crippen LogP contribution in [0, 0.1) is 0 Å². The van der Waals surface area contributed by atoms with E-state index in [0.717, 1.165) is 26.7 Å². The molecule has 0 unspecified atom stereocenters. The number of anilines is 1. The minimum absolute atomic E-state index is 0.129. The monoisotopic (exact) mass is 381 g/mol. The van der Waals surface area contributed by atoms with Crippen LogP contribution in [0.5, 0.6) is 0 Å². The van der Waals surface area contributed by atoms with Crippen molar-refractivity contribution < 1.29 is 4.79 Å². The number of fused-ring (bicyclic) bond motifs is 1. The van der Waals surface area contributed by atoms with Crippen LogP contribution in [0.2, 0.25) is 0 Å². The molecular formula is C14H12BrN3OS2. The predicted molar refractivity (Wildman–Crippen MR) is 92.1 cm³/mol. The number of nitrogens with one attached hydrogen (secondary N) is 1. The number of hydrogen-bond acceptors (Lipinski definition) is 5. The van der Waals surface area contributed by atoms with Gasteiger partial charge in [-0.3, -0.25) is 4.79 Å². The topological polar surface area (TPSA) is 68.0 Å². The van der Waals surface area contributed by atoms with E-state index in [4.69, 9.17) is 5.73 Å². The van der Waals surface area contributed by atoms with Crippen molar-refractivity contribution in [3.05, 3.63) is 44.1 Å². The van der Waals surface area contributed by atoms with Gasteiger partial charge in [0.1, 0.15) is 4.88 Å². The molecule has 0 atom stereocenters. The van der Waals surface area contributed by atoms with Crippen molar-refractivity contribution in [2.75, 3.05) is 12.3 Å². The third-order valence-corrected chi connectivity index (χ3v) is 5.52. The first-order chi connectivity index (χ1) is 10.2. The lowest BCUT2D eigenvalue weighted by Crippen LogP contribution is -2.25. The molecule has 0 radical (unpaired) electrons. The second-order valence-electron chi connectivity index (χ2n) is 4.44. The first kappa shape index (κ1) is 14.5. The molecule has 2 heterocycles. The van der Waals surface area contributed by atoms with Crippen LogP contribution in [-0.2, 0) is 6.42 Å². The fraction of sp³-hybridized carbons (Fsp3) is 0.143. The highest BCUT2D eigenvalue weighted by Gasteiger charge is 2.17. The van der Waals surface area contributed by atoms with E-state index in [1.807, 2.05) is 23.6 Å². The third kappa shape index (κ3) is 2.95. The van der Waals surface area contributed by atoms with Crippen LogP contribution in [0.4, 0.5) is 5.69 Å². The Morgan fingerprint density at radius 1 is 1.43 bits per heavy atom. The number of nitrogen functional groups attached to an aromatic ring is 1. The summed E-state index contributed by atoms with van der Waals surface area (Å²) in [5.74, 6) is -0.129. The Hall–Kier alpha value is -1.44. The molecule has 0 saturated carbocycles. The Bertz CT molecular complexity index is 783. The van der Waals surface area contributed by atoms with Crippen LogP contribution >= 0.6 is 38.6 Å². The van der Waals surface area contributed by atoms with Gasteiger partial charge in [0.2, 0.25) is 0 Å². The molecular weight excluding hydrogens is 370 g/mol. The molecule has 3 rings (SSSR count). The maximum atomic E-state index is 12.3. The highest BCUT2D eigenvalue weighted by molar-refractivity contribution is 9.10. The molecule has 0 aliphatic rings. The average Bonchev–Trinajstić information content (AvgIpc) is 3.08. The van der Waals surface area contributed by atoms with Crippen LogP contribution < -0.4 is 11.1 Å². The van der Waals surface area contributed by atoms with Crippen molar-refractivity contribution in [2.45, 2.75) is 6.42 Å². The van der Waals surface area contributed by atoms with Crippen LogP contribution in [0.3, 0.4) is 0 Å². The van der Waals surface area contributed by atoms with E-state index in [2.05, 4.69) is 26.2 Å². The quantitative estimate of drug-likeness (QED) is 0.724. The molecule has 3 N–H and O–H groups in total. The summed E-state index contributed by atoms with van der Waals surface area (Å²) in [5.41, 5.74) is 9.43. The van der Waals surface area contributed by atoms with Gasteiger partial charge in [0.25, 0.3) is 5.91 Å². The van der Waals surface area contributed by atoms with Crippen LogP contribution in [0.15, 0.2) is 33.6 Å². The molecule has 7 heteroatoms. The summed E-state index contributed by atoms with van der Waals surface area (Å²) in [7, 11) is 0. The first-order valence-corrected chi connectivity index (χ1v) is 8.84. The summed E-state index contributed by atoms with van der Waals surface area (Å²) in [6.45, 7) is 0.553. The number of halogens is 1. The summed E-state index contributed by atoms with van der Waals surface area (Å²) >= 11 is 6.45. The van der Waals surface area contributed by atoms with Gasteiger partial charge in [-0.25, -0.2) is 4.98 Å². The molecule has 1 amide bonds. The van der Waals surface area contributed by atoms with Gasteiger partial charge in [-0.1, -0.05) is 22.0 Å². The lowest BCUT2D eigenvalue weighted by Gasteiger charge is -2.03. The zero-order chi connectivity index (χ0) is 14.8. The Morgan fingerprint density at radius 2 is 2.29 bits per heavy atom. The minimum atomic E-state index is -0.129. The fourth-order valence-corrected chi connectivity index (χ4v) is 4.41. The number of carbonyl (C=O) groups excluding carboxylic acids is 1. The lowest BCUT2D eigenvalue weighted by atomic mass is 10.2. The maximum Gasteiger partial charge on any atom is 0.263 e. The summed E-state index contributed by atoms with van der Waals surface area (Å²) in [5, 5.41) is 5.79. The molecule has 0 fully saturated rings. The Labute approximate surface area is 138 Å². The van der Waals surface area contributed by atoms with E-state index in [1.165, 1.54) is 11.3 Å². The number of hydrogen-bond donors (Lipinski definition) is 2. The standard InChI is InChI=1S/C14H12BrN3OS2/c15-9-2-1-3-10-11(9)12(16)13(21-10)14(19)17-5-4-8-6-20-7-18-8/h1-3,6-7H,4-5,16H2,(H,17,19). The molecule has 0 saturated heterocycles. The molecule has 21 heavy (non-hydrogen) atoms. The Morgan fingerprint density at radius 3 is 3.00 bits per heavy atom. The molecule has 108 valence electrons. The summed E-state index contributed by atoms with van der Waals surface area (Å²) in [6.07, 6.45) is 0.726. The third-order valence-electron chi connectivity index (χ3n) is 3.06. The van der Waals surface area contributed by atoms with Crippen LogP contribution in [0.25, 0.3) is 10.1 Å². The van der Waals surface area contributed by atoms with E-state index < -0.39 is 0 Å². The van der Waals surface area contributed by atoms with Gasteiger partial charge in [-0.05, 0) is 12.1 Å². The lowest BCUT2D eigenvalue weighted by molar-refractivity contribution is 0.0959. The van der Waals surface area contributed by atoms with E-state index in [1.54, 1.807) is 16.8 Å². The second-order valence-corrected chi connectivity index (χ2v) is 7.07. The van der Waals surface area contributed by atoms with Crippen molar-refractivity contribution in [3.63, 3.8) is 0 Å². The van der Waals surface area contributed by atoms with Crippen LogP contribution in [0.1, 0.15) is 15.4 Å². The van der Waals surface area contributed by atoms with Gasteiger partial charge in [-0.2, -0.15) is 0 Å². The van der Waals surface area contributed by atoms with Gasteiger partial charge in [0.15, 0.2) is 0 Å². The number of benzene rings is 1. The fourth-order valence-electron chi connectivity index (χ4n) is 2.04. The van der Waals surface area contributed by atoms with Crippen molar-refractivity contribution in [1.82, 2.24) is 10.3 Å². The summed E-state index contributed by atoms with van der Waals surface area (Å²) in [6, 6.07) is 5.83. The van der Waals surface area contributed by atoms with E-state index in [9.17, 15) is 4.79 Å². The molecule has 1 aromatic carbocycles. The molecule has 0 aliphatic heterocycles. The van der Waals surface area contributed by atoms with Gasteiger partial charge < -0.3 is 11.1 Å². The van der Waals surface area contributed by atoms with Gasteiger partial charge in [0.05, 0.1) is 16.9 Å². The zero-order valence-corrected chi connectivity index (χ0v) is 14.1. The second kappa shape index (κ2) is 6.13. The highest BCUT2D eigenvalue weighted by Crippen LogP contribution is 2.37. The zero-order valence-electron chi connectivity index (χ0n) is 10.9. The Balaban J connectivity index is 1.75. The van der Waals surface area contributed by atoms with Gasteiger partial charge >= 0.3 is 0 Å². The molecule has 0 spiro atoms.